The summed E-state index contributed by atoms with van der Waals surface area (Å²) in [6.07, 6.45) is 0. The smallest absolute Gasteiger partial charge is 0.0724 e. The van der Waals surface area contributed by atoms with Gasteiger partial charge in [-0.1, -0.05) is 43.7 Å². The van der Waals surface area contributed by atoms with Crippen molar-refractivity contribution < 1.29 is 4.84 Å². The van der Waals surface area contributed by atoms with Crippen LogP contribution in [0.3, 0.4) is 0 Å². The van der Waals surface area contributed by atoms with Crippen LogP contribution in [0.2, 0.25) is 0 Å². The Bertz CT molecular complexity index is 321. The fraction of sp³-hybridized carbons (Fsp3) is 0.571. The molecular weight excluding hydrogens is 212 g/mol. The summed E-state index contributed by atoms with van der Waals surface area (Å²) < 4.78 is 0. The Morgan fingerprint density at radius 2 is 1.82 bits per heavy atom. The van der Waals surface area contributed by atoms with Crippen molar-refractivity contribution in [2.24, 2.45) is 11.7 Å². The molecule has 0 amide bonds. The molecule has 0 spiro atoms. The molecule has 1 aromatic rings. The lowest BCUT2D eigenvalue weighted by atomic mass is 10.0. The van der Waals surface area contributed by atoms with Crippen molar-refractivity contribution >= 4 is 0 Å². The highest BCUT2D eigenvalue weighted by Gasteiger charge is 2.19. The predicted octanol–water partition coefficient (Wildman–Crippen LogP) is 2.51. The molecule has 96 valence electrons. The standard InChI is InChI=1S/C14H24N2O/c1-11(2)10-16(17-4)14(9-15)13-7-5-12(3)6-8-13/h5-8,11,14H,9-10,15H2,1-4H3. The van der Waals surface area contributed by atoms with Gasteiger partial charge in [-0.3, -0.25) is 0 Å². The second-order valence-corrected chi connectivity index (χ2v) is 4.84. The zero-order valence-corrected chi connectivity index (χ0v) is 11.3. The summed E-state index contributed by atoms with van der Waals surface area (Å²) in [6.45, 7) is 7.88. The van der Waals surface area contributed by atoms with E-state index in [1.54, 1.807) is 7.11 Å². The second-order valence-electron chi connectivity index (χ2n) is 4.84. The van der Waals surface area contributed by atoms with Gasteiger partial charge in [-0.2, -0.15) is 5.06 Å². The minimum absolute atomic E-state index is 0.128. The van der Waals surface area contributed by atoms with Gasteiger partial charge >= 0.3 is 0 Å². The van der Waals surface area contributed by atoms with Crippen LogP contribution in [0.5, 0.6) is 0 Å². The number of aryl methyl sites for hydroxylation is 1. The highest BCUT2D eigenvalue weighted by atomic mass is 16.7. The average molecular weight is 236 g/mol. The van der Waals surface area contributed by atoms with Crippen molar-refractivity contribution in [3.05, 3.63) is 35.4 Å². The summed E-state index contributed by atoms with van der Waals surface area (Å²) in [7, 11) is 1.71. The summed E-state index contributed by atoms with van der Waals surface area (Å²) in [5.41, 5.74) is 8.34. The third kappa shape index (κ3) is 4.11. The van der Waals surface area contributed by atoms with E-state index in [-0.39, 0.29) is 6.04 Å². The molecule has 0 bridgehead atoms. The van der Waals surface area contributed by atoms with Gasteiger partial charge in [0.15, 0.2) is 0 Å². The van der Waals surface area contributed by atoms with E-state index in [2.05, 4.69) is 45.0 Å². The average Bonchev–Trinajstić information content (AvgIpc) is 2.30. The van der Waals surface area contributed by atoms with Gasteiger partial charge in [0, 0.05) is 13.1 Å². The molecule has 0 saturated carbocycles. The predicted molar refractivity (Wildman–Crippen MR) is 71.5 cm³/mol. The minimum Gasteiger partial charge on any atom is -0.329 e. The molecule has 3 nitrogen and oxygen atoms in total. The van der Waals surface area contributed by atoms with Gasteiger partial charge in [-0.25, -0.2) is 0 Å². The molecule has 1 atom stereocenters. The maximum absolute atomic E-state index is 5.87. The summed E-state index contributed by atoms with van der Waals surface area (Å²) in [6, 6.07) is 8.60. The van der Waals surface area contributed by atoms with Crippen molar-refractivity contribution in [3.63, 3.8) is 0 Å². The quantitative estimate of drug-likeness (QED) is 0.771. The summed E-state index contributed by atoms with van der Waals surface area (Å²) >= 11 is 0. The van der Waals surface area contributed by atoms with E-state index in [0.29, 0.717) is 12.5 Å². The third-order valence-corrected chi connectivity index (χ3v) is 2.81. The molecule has 3 heteroatoms. The third-order valence-electron chi connectivity index (χ3n) is 2.81. The second kappa shape index (κ2) is 6.74. The van der Waals surface area contributed by atoms with Crippen LogP contribution in [-0.2, 0) is 4.84 Å². The molecule has 17 heavy (non-hydrogen) atoms. The van der Waals surface area contributed by atoms with Crippen molar-refractivity contribution in [2.45, 2.75) is 26.8 Å². The number of hydrogen-bond donors (Lipinski definition) is 1. The van der Waals surface area contributed by atoms with E-state index in [1.165, 1.54) is 11.1 Å². The van der Waals surface area contributed by atoms with E-state index in [1.807, 2.05) is 5.06 Å². The lowest BCUT2D eigenvalue weighted by Crippen LogP contribution is -2.35. The van der Waals surface area contributed by atoms with Gasteiger partial charge in [0.1, 0.15) is 0 Å². The highest BCUT2D eigenvalue weighted by Crippen LogP contribution is 2.21. The molecule has 0 aliphatic carbocycles. The Hall–Kier alpha value is -0.900. The van der Waals surface area contributed by atoms with Crippen LogP contribution < -0.4 is 5.73 Å². The maximum Gasteiger partial charge on any atom is 0.0724 e. The maximum atomic E-state index is 5.87. The number of benzene rings is 1. The molecule has 2 N–H and O–H groups in total. The van der Waals surface area contributed by atoms with Gasteiger partial charge in [-0.05, 0) is 18.4 Å². The van der Waals surface area contributed by atoms with Crippen LogP contribution in [0.25, 0.3) is 0 Å². The largest absolute Gasteiger partial charge is 0.329 e. The summed E-state index contributed by atoms with van der Waals surface area (Å²) in [5, 5.41) is 1.97. The van der Waals surface area contributed by atoms with Crippen LogP contribution in [0.15, 0.2) is 24.3 Å². The first-order valence-electron chi connectivity index (χ1n) is 6.15. The zero-order chi connectivity index (χ0) is 12.8. The molecule has 0 saturated heterocycles. The Morgan fingerprint density at radius 1 is 1.24 bits per heavy atom. The van der Waals surface area contributed by atoms with Crippen molar-refractivity contribution in [2.75, 3.05) is 20.2 Å². The Labute approximate surface area is 105 Å². The summed E-state index contributed by atoms with van der Waals surface area (Å²) in [5.74, 6) is 0.550. The Kier molecular flexibility index (Phi) is 5.62. The van der Waals surface area contributed by atoms with Gasteiger partial charge in [0.25, 0.3) is 0 Å². The SMILES string of the molecule is CON(CC(C)C)C(CN)c1ccc(C)cc1. The Morgan fingerprint density at radius 3 is 2.24 bits per heavy atom. The minimum atomic E-state index is 0.128. The van der Waals surface area contributed by atoms with Gasteiger partial charge in [0.05, 0.1) is 13.2 Å². The van der Waals surface area contributed by atoms with E-state index in [9.17, 15) is 0 Å². The first kappa shape index (κ1) is 14.2. The highest BCUT2D eigenvalue weighted by molar-refractivity contribution is 5.24. The number of rotatable bonds is 6. The lowest BCUT2D eigenvalue weighted by molar-refractivity contribution is -0.167. The monoisotopic (exact) mass is 236 g/mol. The number of hydrogen-bond acceptors (Lipinski definition) is 3. The van der Waals surface area contributed by atoms with Gasteiger partial charge in [-0.15, -0.1) is 0 Å². The number of nitrogens with two attached hydrogens (primary N) is 1. The molecule has 1 aromatic carbocycles. The van der Waals surface area contributed by atoms with Crippen LogP contribution >= 0.6 is 0 Å². The van der Waals surface area contributed by atoms with Gasteiger partial charge in [0.2, 0.25) is 0 Å². The number of hydroxylamine groups is 2. The van der Waals surface area contributed by atoms with E-state index < -0.39 is 0 Å². The molecule has 0 aromatic heterocycles. The molecular formula is C14H24N2O. The first-order chi connectivity index (χ1) is 8.08. The fourth-order valence-electron chi connectivity index (χ4n) is 1.90. The molecule has 1 unspecified atom stereocenters. The first-order valence-corrected chi connectivity index (χ1v) is 6.15. The van der Waals surface area contributed by atoms with E-state index in [0.717, 1.165) is 6.54 Å². The van der Waals surface area contributed by atoms with Crippen LogP contribution in [-0.4, -0.2) is 25.3 Å². The summed E-state index contributed by atoms with van der Waals surface area (Å²) in [4.78, 5) is 5.45. The van der Waals surface area contributed by atoms with Crippen LogP contribution in [0.4, 0.5) is 0 Å². The molecule has 0 radical (unpaired) electrons. The zero-order valence-electron chi connectivity index (χ0n) is 11.3. The molecule has 0 aliphatic heterocycles. The molecule has 0 fully saturated rings. The van der Waals surface area contributed by atoms with Crippen LogP contribution in [0.1, 0.15) is 31.0 Å². The van der Waals surface area contributed by atoms with Gasteiger partial charge < -0.3 is 10.6 Å². The van der Waals surface area contributed by atoms with Crippen molar-refractivity contribution in [1.82, 2.24) is 5.06 Å². The van der Waals surface area contributed by atoms with Crippen LogP contribution in [0, 0.1) is 12.8 Å². The number of nitrogens with zero attached hydrogens (tertiary/aromatic N) is 1. The topological polar surface area (TPSA) is 38.5 Å². The van der Waals surface area contributed by atoms with E-state index in [4.69, 9.17) is 10.6 Å². The molecule has 1 rings (SSSR count). The normalized spacial score (nSPS) is 13.4. The van der Waals surface area contributed by atoms with Crippen molar-refractivity contribution in [3.8, 4) is 0 Å². The Balaban J connectivity index is 2.84. The molecule has 0 aliphatic rings. The molecule has 0 heterocycles. The van der Waals surface area contributed by atoms with Crippen molar-refractivity contribution in [1.29, 1.82) is 0 Å². The fourth-order valence-corrected chi connectivity index (χ4v) is 1.90. The van der Waals surface area contributed by atoms with E-state index >= 15 is 0 Å². The lowest BCUT2D eigenvalue weighted by Gasteiger charge is -2.30.